The number of rotatable bonds is 5. The van der Waals surface area contributed by atoms with Gasteiger partial charge in [-0.15, -0.1) is 0 Å². The van der Waals surface area contributed by atoms with Crippen LogP contribution in [0.25, 0.3) is 10.9 Å². The van der Waals surface area contributed by atoms with Crippen molar-refractivity contribution in [1.29, 1.82) is 0 Å². The number of fused-ring (bicyclic) bond motifs is 4. The van der Waals surface area contributed by atoms with Crippen LogP contribution in [-0.4, -0.2) is 45.8 Å². The number of hydrogen-bond acceptors (Lipinski definition) is 3. The predicted molar refractivity (Wildman–Crippen MR) is 144 cm³/mol. The second kappa shape index (κ2) is 9.43. The van der Waals surface area contributed by atoms with Crippen molar-refractivity contribution in [2.45, 2.75) is 32.0 Å². The Hall–Kier alpha value is -3.48. The second-order valence-corrected chi connectivity index (χ2v) is 10.2. The van der Waals surface area contributed by atoms with Crippen molar-refractivity contribution < 1.29 is 14.3 Å². The number of halogens is 2. The Balaban J connectivity index is 1.46. The lowest BCUT2D eigenvalue weighted by atomic mass is 9.85. The Morgan fingerprint density at radius 2 is 1.81 bits per heavy atom. The molecule has 2 unspecified atom stereocenters. The molecule has 37 heavy (non-hydrogen) atoms. The molecule has 1 fully saturated rings. The van der Waals surface area contributed by atoms with Crippen LogP contribution in [0, 0.1) is 0 Å². The highest BCUT2D eigenvalue weighted by Crippen LogP contribution is 2.45. The van der Waals surface area contributed by atoms with Gasteiger partial charge in [-0.2, -0.15) is 0 Å². The number of nitrogens with zero attached hydrogens (tertiary/aromatic N) is 2. The maximum absolute atomic E-state index is 14.0. The molecule has 0 spiro atoms. The van der Waals surface area contributed by atoms with E-state index in [-0.39, 0.29) is 24.9 Å². The molecule has 1 aromatic heterocycles. The minimum absolute atomic E-state index is 0.0306. The molecule has 188 valence electrons. The van der Waals surface area contributed by atoms with Crippen molar-refractivity contribution in [3.05, 3.63) is 99.2 Å². The van der Waals surface area contributed by atoms with Gasteiger partial charge in [-0.05, 0) is 42.3 Å². The molecule has 0 radical (unpaired) electrons. The van der Waals surface area contributed by atoms with Crippen LogP contribution in [0.2, 0.25) is 10.0 Å². The van der Waals surface area contributed by atoms with Gasteiger partial charge in [0.2, 0.25) is 11.8 Å². The largest absolute Gasteiger partial charge is 0.494 e. The number of amides is 2. The van der Waals surface area contributed by atoms with E-state index in [4.69, 9.17) is 27.9 Å². The number of benzene rings is 3. The lowest BCUT2D eigenvalue weighted by Crippen LogP contribution is -2.62. The minimum atomic E-state index is -0.640. The van der Waals surface area contributed by atoms with Gasteiger partial charge in [0.1, 0.15) is 24.4 Å². The van der Waals surface area contributed by atoms with E-state index in [0.717, 1.165) is 33.3 Å². The van der Waals surface area contributed by atoms with E-state index in [0.29, 0.717) is 28.8 Å². The fourth-order valence-corrected chi connectivity index (χ4v) is 6.10. The Bertz CT molecular complexity index is 1530. The van der Waals surface area contributed by atoms with E-state index in [2.05, 4.69) is 11.1 Å². The van der Waals surface area contributed by atoms with Crippen molar-refractivity contribution in [2.75, 3.05) is 13.2 Å². The molecule has 2 amide bonds. The molecular weight excluding hydrogens is 509 g/mol. The van der Waals surface area contributed by atoms with Gasteiger partial charge in [-0.3, -0.25) is 9.59 Å². The van der Waals surface area contributed by atoms with Crippen molar-refractivity contribution in [1.82, 2.24) is 14.8 Å². The van der Waals surface area contributed by atoms with Crippen molar-refractivity contribution in [3.63, 3.8) is 0 Å². The molecule has 0 saturated carbocycles. The average molecular weight is 534 g/mol. The van der Waals surface area contributed by atoms with Gasteiger partial charge >= 0.3 is 0 Å². The van der Waals surface area contributed by atoms with Crippen LogP contribution in [0.3, 0.4) is 0 Å². The molecule has 3 aromatic carbocycles. The molecular formula is C29H25Cl2N3O3. The first kappa shape index (κ1) is 23.9. The summed E-state index contributed by atoms with van der Waals surface area (Å²) in [6.45, 7) is 2.64. The predicted octanol–water partition coefficient (Wildman–Crippen LogP) is 5.76. The maximum atomic E-state index is 14.0. The van der Waals surface area contributed by atoms with Gasteiger partial charge in [0.05, 0.1) is 6.61 Å². The molecule has 2 aliphatic rings. The summed E-state index contributed by atoms with van der Waals surface area (Å²) in [5.74, 6) is 0.492. The number of piperazine rings is 1. The highest BCUT2D eigenvalue weighted by molar-refractivity contribution is 6.35. The van der Waals surface area contributed by atoms with Gasteiger partial charge in [0.15, 0.2) is 0 Å². The monoisotopic (exact) mass is 533 g/mol. The summed E-state index contributed by atoms with van der Waals surface area (Å²) in [5, 5.41) is 2.06. The van der Waals surface area contributed by atoms with Crippen LogP contribution in [0.15, 0.2) is 66.7 Å². The molecule has 6 rings (SSSR count). The summed E-state index contributed by atoms with van der Waals surface area (Å²) in [5.41, 5.74) is 4.58. The summed E-state index contributed by atoms with van der Waals surface area (Å²) in [6, 6.07) is 19.9. The molecule has 1 N–H and O–H groups in total. The molecule has 0 aliphatic carbocycles. The van der Waals surface area contributed by atoms with Crippen molar-refractivity contribution >= 4 is 45.9 Å². The third-order valence-electron chi connectivity index (χ3n) is 7.23. The van der Waals surface area contributed by atoms with Gasteiger partial charge < -0.3 is 19.5 Å². The molecule has 1 saturated heterocycles. The zero-order valence-electron chi connectivity index (χ0n) is 20.2. The van der Waals surface area contributed by atoms with Crippen molar-refractivity contribution in [3.8, 4) is 5.75 Å². The Morgan fingerprint density at radius 3 is 2.62 bits per heavy atom. The standard InChI is InChI=1S/C29H25Cl2N3O3/c1-2-37-25-10-6-4-8-20(25)28-27-21(19-7-3-5-9-23(19)32-27)14-24-29(36)33(16-26(35)34(24)28)15-17-11-12-18(30)13-22(17)31/h3-13,24,28,32H,2,14-16H2,1H3. The Morgan fingerprint density at radius 1 is 1.03 bits per heavy atom. The number of ether oxygens (including phenoxy) is 1. The normalized spacial score (nSPS) is 19.2. The number of carbonyl (C=O) groups is 2. The molecule has 8 heteroatoms. The molecule has 4 aromatic rings. The van der Waals surface area contributed by atoms with E-state index in [1.165, 1.54) is 0 Å². The first-order valence-corrected chi connectivity index (χ1v) is 13.1. The smallest absolute Gasteiger partial charge is 0.246 e. The van der Waals surface area contributed by atoms with Gasteiger partial charge in [-0.25, -0.2) is 0 Å². The first-order chi connectivity index (χ1) is 18.0. The molecule has 0 bridgehead atoms. The van der Waals surface area contributed by atoms with Gasteiger partial charge in [-0.1, -0.05) is 65.7 Å². The maximum Gasteiger partial charge on any atom is 0.246 e. The summed E-state index contributed by atoms with van der Waals surface area (Å²) in [4.78, 5) is 34.7. The lowest BCUT2D eigenvalue weighted by molar-refractivity contribution is -0.159. The SMILES string of the molecule is CCOc1ccccc1C1c2[nH]c3ccccc3c2CC2C(=O)N(Cc3ccc(Cl)cc3Cl)CC(=O)N21. The highest BCUT2D eigenvalue weighted by atomic mass is 35.5. The number of nitrogens with one attached hydrogen (secondary N) is 1. The third kappa shape index (κ3) is 4.05. The zero-order valence-corrected chi connectivity index (χ0v) is 21.7. The fraction of sp³-hybridized carbons (Fsp3) is 0.241. The third-order valence-corrected chi connectivity index (χ3v) is 7.82. The molecule has 6 nitrogen and oxygen atoms in total. The van der Waals surface area contributed by atoms with E-state index >= 15 is 0 Å². The lowest BCUT2D eigenvalue weighted by Gasteiger charge is -2.47. The van der Waals surface area contributed by atoms with Crippen LogP contribution in [0.1, 0.15) is 35.3 Å². The van der Waals surface area contributed by atoms with Crippen molar-refractivity contribution in [2.24, 2.45) is 0 Å². The van der Waals surface area contributed by atoms with E-state index in [1.807, 2.05) is 49.4 Å². The van der Waals surface area contributed by atoms with Crippen LogP contribution in [-0.2, 0) is 22.6 Å². The van der Waals surface area contributed by atoms with E-state index in [1.54, 1.807) is 28.0 Å². The summed E-state index contributed by atoms with van der Waals surface area (Å²) in [6.07, 6.45) is 0.433. The first-order valence-electron chi connectivity index (χ1n) is 12.3. The number of aromatic nitrogens is 1. The van der Waals surface area contributed by atoms with Crippen LogP contribution >= 0.6 is 23.2 Å². The molecule has 2 aliphatic heterocycles. The van der Waals surface area contributed by atoms with Crippen LogP contribution < -0.4 is 4.74 Å². The minimum Gasteiger partial charge on any atom is -0.494 e. The van der Waals surface area contributed by atoms with E-state index < -0.39 is 12.1 Å². The molecule has 2 atom stereocenters. The van der Waals surface area contributed by atoms with Crippen LogP contribution in [0.5, 0.6) is 5.75 Å². The number of carbonyl (C=O) groups excluding carboxylic acids is 2. The second-order valence-electron chi connectivity index (χ2n) is 9.39. The van der Waals surface area contributed by atoms with Crippen LogP contribution in [0.4, 0.5) is 0 Å². The topological polar surface area (TPSA) is 65.6 Å². The summed E-state index contributed by atoms with van der Waals surface area (Å²) >= 11 is 12.5. The fourth-order valence-electron chi connectivity index (χ4n) is 5.63. The van der Waals surface area contributed by atoms with E-state index in [9.17, 15) is 9.59 Å². The molecule has 3 heterocycles. The Labute approximate surface area is 224 Å². The average Bonchev–Trinajstić information content (AvgIpc) is 3.26. The quantitative estimate of drug-likeness (QED) is 0.354. The zero-order chi connectivity index (χ0) is 25.7. The summed E-state index contributed by atoms with van der Waals surface area (Å²) < 4.78 is 5.97. The van der Waals surface area contributed by atoms with Gasteiger partial charge in [0.25, 0.3) is 0 Å². The van der Waals surface area contributed by atoms with Gasteiger partial charge in [0, 0.05) is 45.2 Å². The number of aromatic amines is 1. The highest BCUT2D eigenvalue weighted by Gasteiger charge is 2.48. The number of para-hydroxylation sites is 2. The number of hydrogen-bond donors (Lipinski definition) is 1. The summed E-state index contributed by atoms with van der Waals surface area (Å²) in [7, 11) is 0. The number of H-pyrrole nitrogens is 1. The Kier molecular flexibility index (Phi) is 6.09.